The maximum atomic E-state index is 13.2. The zero-order valence-electron chi connectivity index (χ0n) is 10.7. The summed E-state index contributed by atoms with van der Waals surface area (Å²) in [5.74, 6) is 0.280. The molecule has 1 aromatic rings. The molecule has 2 heterocycles. The number of halogens is 1. The van der Waals surface area contributed by atoms with Crippen LogP contribution in [0.2, 0.25) is 0 Å². The molecule has 0 bridgehead atoms. The van der Waals surface area contributed by atoms with Crippen molar-refractivity contribution in [3.05, 3.63) is 35.6 Å². The minimum absolute atomic E-state index is 0.0406. The smallest absolute Gasteiger partial charge is 0.318 e. The van der Waals surface area contributed by atoms with E-state index in [0.29, 0.717) is 12.5 Å². The molecule has 2 fully saturated rings. The van der Waals surface area contributed by atoms with Crippen molar-refractivity contribution in [3.8, 4) is 0 Å². The number of nitrogens with zero attached hydrogens (tertiary/aromatic N) is 1. The Labute approximate surface area is 112 Å². The summed E-state index contributed by atoms with van der Waals surface area (Å²) in [7, 11) is 0. The van der Waals surface area contributed by atoms with Crippen LogP contribution >= 0.6 is 0 Å². The number of nitrogens with one attached hydrogen (secondary N) is 2. The maximum Gasteiger partial charge on any atom is 0.318 e. The van der Waals surface area contributed by atoms with E-state index in [4.69, 9.17) is 0 Å². The summed E-state index contributed by atoms with van der Waals surface area (Å²) in [4.78, 5) is 13.8. The summed E-state index contributed by atoms with van der Waals surface area (Å²) in [6.07, 6.45) is 1.12. The van der Waals surface area contributed by atoms with Crippen LogP contribution in [-0.2, 0) is 0 Å². The molecule has 0 spiro atoms. The fraction of sp³-hybridized carbons (Fsp3) is 0.500. The second-order valence-corrected chi connectivity index (χ2v) is 5.32. The van der Waals surface area contributed by atoms with E-state index in [1.807, 2.05) is 11.0 Å². The highest BCUT2D eigenvalue weighted by atomic mass is 19.1. The van der Waals surface area contributed by atoms with Crippen molar-refractivity contribution in [2.24, 2.45) is 5.92 Å². The van der Waals surface area contributed by atoms with Gasteiger partial charge in [-0.05, 0) is 43.1 Å². The Hall–Kier alpha value is -1.62. The van der Waals surface area contributed by atoms with Gasteiger partial charge in [0.25, 0.3) is 0 Å². The molecule has 2 N–H and O–H groups in total. The minimum Gasteiger partial charge on any atom is -0.329 e. The zero-order valence-corrected chi connectivity index (χ0v) is 10.7. The molecule has 4 nitrogen and oxygen atoms in total. The van der Waals surface area contributed by atoms with Crippen LogP contribution in [-0.4, -0.2) is 37.1 Å². The third-order valence-electron chi connectivity index (χ3n) is 3.88. The molecule has 0 saturated carbocycles. The Bertz CT molecular complexity index is 474. The monoisotopic (exact) mass is 263 g/mol. The van der Waals surface area contributed by atoms with Gasteiger partial charge in [-0.1, -0.05) is 12.1 Å². The van der Waals surface area contributed by atoms with Crippen molar-refractivity contribution in [1.82, 2.24) is 15.5 Å². The van der Waals surface area contributed by atoms with Gasteiger partial charge in [-0.3, -0.25) is 0 Å². The lowest BCUT2D eigenvalue weighted by atomic mass is 10.1. The number of urea groups is 1. The van der Waals surface area contributed by atoms with Crippen LogP contribution < -0.4 is 10.6 Å². The first-order valence-electron chi connectivity index (χ1n) is 6.74. The molecule has 2 aliphatic rings. The molecule has 2 unspecified atom stereocenters. The van der Waals surface area contributed by atoms with Crippen molar-refractivity contribution >= 4 is 6.03 Å². The molecule has 0 radical (unpaired) electrons. The number of rotatable bonds is 3. The SMILES string of the molecule is O=C1NC(c2cccc(F)c2)CN1CC1CCNC1. The Balaban J connectivity index is 1.65. The summed E-state index contributed by atoms with van der Waals surface area (Å²) < 4.78 is 13.2. The van der Waals surface area contributed by atoms with E-state index >= 15 is 0 Å². The van der Waals surface area contributed by atoms with Gasteiger partial charge in [0.2, 0.25) is 0 Å². The number of hydrogen-bond acceptors (Lipinski definition) is 2. The van der Waals surface area contributed by atoms with Crippen LogP contribution in [0, 0.1) is 11.7 Å². The van der Waals surface area contributed by atoms with Gasteiger partial charge < -0.3 is 15.5 Å². The molecule has 3 rings (SSSR count). The van der Waals surface area contributed by atoms with Gasteiger partial charge >= 0.3 is 6.03 Å². The first-order valence-corrected chi connectivity index (χ1v) is 6.74. The van der Waals surface area contributed by atoms with Crippen molar-refractivity contribution < 1.29 is 9.18 Å². The van der Waals surface area contributed by atoms with Crippen LogP contribution in [0.1, 0.15) is 18.0 Å². The molecule has 0 aliphatic carbocycles. The third kappa shape index (κ3) is 2.71. The fourth-order valence-corrected chi connectivity index (χ4v) is 2.84. The van der Waals surface area contributed by atoms with E-state index in [2.05, 4.69) is 10.6 Å². The van der Waals surface area contributed by atoms with Gasteiger partial charge in [-0.25, -0.2) is 9.18 Å². The third-order valence-corrected chi connectivity index (χ3v) is 3.88. The van der Waals surface area contributed by atoms with Crippen molar-refractivity contribution in [1.29, 1.82) is 0 Å². The van der Waals surface area contributed by atoms with Gasteiger partial charge in [-0.2, -0.15) is 0 Å². The molecule has 2 aliphatic heterocycles. The van der Waals surface area contributed by atoms with Gasteiger partial charge in [0, 0.05) is 13.1 Å². The zero-order chi connectivity index (χ0) is 13.2. The van der Waals surface area contributed by atoms with Crippen molar-refractivity contribution in [2.75, 3.05) is 26.2 Å². The lowest BCUT2D eigenvalue weighted by Crippen LogP contribution is -2.33. The summed E-state index contributed by atoms with van der Waals surface area (Å²) in [5, 5.41) is 6.22. The first-order chi connectivity index (χ1) is 9.22. The first kappa shape index (κ1) is 12.4. The molecule has 0 aromatic heterocycles. The predicted octanol–water partition coefficient (Wildman–Crippen LogP) is 1.50. The van der Waals surface area contributed by atoms with Crippen LogP contribution in [0.4, 0.5) is 9.18 Å². The van der Waals surface area contributed by atoms with Crippen LogP contribution in [0.15, 0.2) is 24.3 Å². The predicted molar refractivity (Wildman–Crippen MR) is 70.2 cm³/mol. The van der Waals surface area contributed by atoms with E-state index in [0.717, 1.165) is 31.6 Å². The van der Waals surface area contributed by atoms with E-state index in [1.165, 1.54) is 12.1 Å². The fourth-order valence-electron chi connectivity index (χ4n) is 2.84. The highest BCUT2D eigenvalue weighted by Gasteiger charge is 2.31. The van der Waals surface area contributed by atoms with Gasteiger partial charge in [0.15, 0.2) is 0 Å². The standard InChI is InChI=1S/C14H18FN3O/c15-12-3-1-2-11(6-12)13-9-18(14(19)17-13)8-10-4-5-16-7-10/h1-3,6,10,13,16H,4-5,7-9H2,(H,17,19). The lowest BCUT2D eigenvalue weighted by Gasteiger charge is -2.18. The molecule has 5 heteroatoms. The number of carbonyl (C=O) groups is 1. The Morgan fingerprint density at radius 1 is 1.42 bits per heavy atom. The van der Waals surface area contributed by atoms with E-state index in [9.17, 15) is 9.18 Å². The summed E-state index contributed by atoms with van der Waals surface area (Å²) in [5.41, 5.74) is 0.834. The van der Waals surface area contributed by atoms with Crippen LogP contribution in [0.5, 0.6) is 0 Å². The van der Waals surface area contributed by atoms with Crippen molar-refractivity contribution in [3.63, 3.8) is 0 Å². The molecular weight excluding hydrogens is 245 g/mol. The summed E-state index contributed by atoms with van der Waals surface area (Å²) >= 11 is 0. The molecule has 19 heavy (non-hydrogen) atoms. The summed E-state index contributed by atoms with van der Waals surface area (Å²) in [6.45, 7) is 3.42. The van der Waals surface area contributed by atoms with Crippen LogP contribution in [0.25, 0.3) is 0 Å². The molecule has 1 aromatic carbocycles. The van der Waals surface area contributed by atoms with Gasteiger partial charge in [0.1, 0.15) is 5.82 Å². The quantitative estimate of drug-likeness (QED) is 0.868. The highest BCUT2D eigenvalue weighted by Crippen LogP contribution is 2.22. The molecule has 2 amide bonds. The average molecular weight is 263 g/mol. The number of hydrogen-bond donors (Lipinski definition) is 2. The maximum absolute atomic E-state index is 13.2. The second kappa shape index (κ2) is 5.17. The Kier molecular flexibility index (Phi) is 3.38. The number of carbonyl (C=O) groups excluding carboxylic acids is 1. The molecule has 2 saturated heterocycles. The van der Waals surface area contributed by atoms with E-state index < -0.39 is 0 Å². The van der Waals surface area contributed by atoms with E-state index in [1.54, 1.807) is 6.07 Å². The Morgan fingerprint density at radius 3 is 3.05 bits per heavy atom. The van der Waals surface area contributed by atoms with Gasteiger partial charge in [-0.15, -0.1) is 0 Å². The largest absolute Gasteiger partial charge is 0.329 e. The molecule has 2 atom stereocenters. The molecule has 102 valence electrons. The number of benzene rings is 1. The second-order valence-electron chi connectivity index (χ2n) is 5.32. The normalized spacial score (nSPS) is 26.8. The van der Waals surface area contributed by atoms with Crippen LogP contribution in [0.3, 0.4) is 0 Å². The van der Waals surface area contributed by atoms with Crippen molar-refractivity contribution in [2.45, 2.75) is 12.5 Å². The van der Waals surface area contributed by atoms with Gasteiger partial charge in [0.05, 0.1) is 6.04 Å². The lowest BCUT2D eigenvalue weighted by molar-refractivity contribution is 0.210. The minimum atomic E-state index is -0.259. The molecular formula is C14H18FN3O. The summed E-state index contributed by atoms with van der Waals surface area (Å²) in [6, 6.07) is 6.31. The van der Waals surface area contributed by atoms with E-state index in [-0.39, 0.29) is 17.9 Å². The topological polar surface area (TPSA) is 44.4 Å². The average Bonchev–Trinajstić information content (AvgIpc) is 3.01. The number of amides is 2. The Morgan fingerprint density at radius 2 is 2.32 bits per heavy atom. The highest BCUT2D eigenvalue weighted by molar-refractivity contribution is 5.77.